The van der Waals surface area contributed by atoms with Gasteiger partial charge in [-0.25, -0.2) is 4.79 Å². The summed E-state index contributed by atoms with van der Waals surface area (Å²) in [5.41, 5.74) is 0.728. The molecule has 4 rings (SSSR count). The van der Waals surface area contributed by atoms with Gasteiger partial charge in [-0.05, 0) is 36.4 Å². The molecule has 4 aromatic rings. The molecule has 0 radical (unpaired) electrons. The molecule has 0 unspecified atom stereocenters. The maximum Gasteiger partial charge on any atom is 0.343 e. The molecule has 0 fully saturated rings. The molecular formula is C23H16O6. The number of benzene rings is 3. The van der Waals surface area contributed by atoms with E-state index in [0.717, 1.165) is 0 Å². The average Bonchev–Trinajstić information content (AvgIpc) is 2.73. The van der Waals surface area contributed by atoms with Crippen LogP contribution in [0.5, 0.6) is 17.2 Å². The third-order valence-electron chi connectivity index (χ3n) is 4.38. The van der Waals surface area contributed by atoms with Crippen molar-refractivity contribution in [3.8, 4) is 28.6 Å². The van der Waals surface area contributed by atoms with E-state index in [1.54, 1.807) is 61.7 Å². The standard InChI is InChI=1S/C23H16O6/c1-27-16-9-7-14(8-10-16)20-13-19(25)22-18(24)11-17(12-21(22)29-20)28-23(26)15-5-3-2-4-6-15/h2-13,24H,1H3. The number of aromatic hydroxyl groups is 1. The van der Waals surface area contributed by atoms with Gasteiger partial charge in [0.05, 0.1) is 12.7 Å². The summed E-state index contributed by atoms with van der Waals surface area (Å²) < 4.78 is 16.3. The van der Waals surface area contributed by atoms with Crippen LogP contribution in [0.15, 0.2) is 82.0 Å². The first-order valence-electron chi connectivity index (χ1n) is 8.77. The van der Waals surface area contributed by atoms with E-state index in [0.29, 0.717) is 22.6 Å². The van der Waals surface area contributed by atoms with Crippen molar-refractivity contribution in [3.05, 3.63) is 88.6 Å². The quantitative estimate of drug-likeness (QED) is 0.412. The highest BCUT2D eigenvalue weighted by Crippen LogP contribution is 2.31. The second-order valence-electron chi connectivity index (χ2n) is 6.27. The van der Waals surface area contributed by atoms with E-state index < -0.39 is 11.4 Å². The van der Waals surface area contributed by atoms with Crippen molar-refractivity contribution >= 4 is 16.9 Å². The Labute approximate surface area is 165 Å². The van der Waals surface area contributed by atoms with Crippen LogP contribution >= 0.6 is 0 Å². The molecule has 0 saturated carbocycles. The van der Waals surface area contributed by atoms with Gasteiger partial charge in [-0.2, -0.15) is 0 Å². The van der Waals surface area contributed by atoms with Crippen molar-refractivity contribution in [2.24, 2.45) is 0 Å². The van der Waals surface area contributed by atoms with Crippen LogP contribution in [0.2, 0.25) is 0 Å². The van der Waals surface area contributed by atoms with E-state index in [9.17, 15) is 14.7 Å². The first kappa shape index (κ1) is 18.3. The topological polar surface area (TPSA) is 86.0 Å². The molecule has 1 aromatic heterocycles. The predicted octanol–water partition coefficient (Wildman–Crippen LogP) is 4.39. The SMILES string of the molecule is COc1ccc(-c2cc(=O)c3c(O)cc(OC(=O)c4ccccc4)cc3o2)cc1. The number of hydrogen-bond acceptors (Lipinski definition) is 6. The summed E-state index contributed by atoms with van der Waals surface area (Å²) in [4.78, 5) is 24.8. The Hall–Kier alpha value is -4.06. The van der Waals surface area contributed by atoms with Gasteiger partial charge in [0.25, 0.3) is 0 Å². The van der Waals surface area contributed by atoms with Crippen molar-refractivity contribution in [2.45, 2.75) is 0 Å². The molecule has 0 saturated heterocycles. The van der Waals surface area contributed by atoms with Gasteiger partial charge in [0.1, 0.15) is 34.0 Å². The molecule has 0 spiro atoms. The molecule has 1 heterocycles. The second kappa shape index (κ2) is 7.52. The van der Waals surface area contributed by atoms with E-state index in [2.05, 4.69) is 0 Å². The van der Waals surface area contributed by atoms with Crippen molar-refractivity contribution in [2.75, 3.05) is 7.11 Å². The fourth-order valence-corrected chi connectivity index (χ4v) is 2.94. The van der Waals surface area contributed by atoms with Gasteiger partial charge in [-0.3, -0.25) is 4.79 Å². The number of phenolic OH excluding ortho intramolecular Hbond substituents is 1. The van der Waals surface area contributed by atoms with Gasteiger partial charge in [0, 0.05) is 23.8 Å². The van der Waals surface area contributed by atoms with Crippen LogP contribution in [0, 0.1) is 0 Å². The van der Waals surface area contributed by atoms with Gasteiger partial charge in [-0.15, -0.1) is 0 Å². The van der Waals surface area contributed by atoms with Gasteiger partial charge in [0.15, 0.2) is 5.43 Å². The van der Waals surface area contributed by atoms with Crippen molar-refractivity contribution in [3.63, 3.8) is 0 Å². The van der Waals surface area contributed by atoms with E-state index in [1.807, 2.05) is 0 Å². The average molecular weight is 388 g/mol. The van der Waals surface area contributed by atoms with E-state index >= 15 is 0 Å². The summed E-state index contributed by atoms with van der Waals surface area (Å²) in [6.45, 7) is 0. The minimum atomic E-state index is -0.585. The molecule has 1 N–H and O–H groups in total. The Kier molecular flexibility index (Phi) is 4.75. The maximum atomic E-state index is 12.5. The van der Waals surface area contributed by atoms with Crippen molar-refractivity contribution in [1.29, 1.82) is 0 Å². The zero-order valence-corrected chi connectivity index (χ0v) is 15.4. The Bertz CT molecular complexity index is 1240. The van der Waals surface area contributed by atoms with Crippen LogP contribution in [0.4, 0.5) is 0 Å². The van der Waals surface area contributed by atoms with Gasteiger partial charge >= 0.3 is 5.97 Å². The minimum absolute atomic E-state index is 0.0155. The number of methoxy groups -OCH3 is 1. The Morgan fingerprint density at radius 3 is 2.34 bits per heavy atom. The number of carbonyl (C=O) groups is 1. The first-order valence-corrected chi connectivity index (χ1v) is 8.77. The summed E-state index contributed by atoms with van der Waals surface area (Å²) >= 11 is 0. The molecule has 0 amide bonds. The van der Waals surface area contributed by atoms with Crippen molar-refractivity contribution < 1.29 is 23.8 Å². The fourth-order valence-electron chi connectivity index (χ4n) is 2.94. The summed E-state index contributed by atoms with van der Waals surface area (Å²) in [5, 5.41) is 10.3. The largest absolute Gasteiger partial charge is 0.507 e. The normalized spacial score (nSPS) is 10.7. The van der Waals surface area contributed by atoms with Gasteiger partial charge in [-0.1, -0.05) is 18.2 Å². The summed E-state index contributed by atoms with van der Waals surface area (Å²) in [7, 11) is 1.56. The monoisotopic (exact) mass is 388 g/mol. The van der Waals surface area contributed by atoms with Gasteiger partial charge in [0.2, 0.25) is 0 Å². The third kappa shape index (κ3) is 3.68. The lowest BCUT2D eigenvalue weighted by molar-refractivity contribution is 0.0735. The molecule has 0 aliphatic carbocycles. The lowest BCUT2D eigenvalue weighted by Gasteiger charge is -2.08. The maximum absolute atomic E-state index is 12.5. The highest BCUT2D eigenvalue weighted by molar-refractivity contribution is 5.92. The van der Waals surface area contributed by atoms with Crippen LogP contribution < -0.4 is 14.9 Å². The van der Waals surface area contributed by atoms with Crippen LogP contribution in [0.1, 0.15) is 10.4 Å². The Morgan fingerprint density at radius 1 is 0.931 bits per heavy atom. The molecule has 144 valence electrons. The van der Waals surface area contributed by atoms with Crippen molar-refractivity contribution in [1.82, 2.24) is 0 Å². The summed E-state index contributed by atoms with van der Waals surface area (Å²) in [5.74, 6) is 0.144. The third-order valence-corrected chi connectivity index (χ3v) is 4.38. The number of ether oxygens (including phenoxy) is 2. The molecule has 6 heteroatoms. The molecule has 0 bridgehead atoms. The predicted molar refractivity (Wildman–Crippen MR) is 108 cm³/mol. The zero-order valence-electron chi connectivity index (χ0n) is 15.4. The number of rotatable bonds is 4. The van der Waals surface area contributed by atoms with E-state index in [4.69, 9.17) is 13.9 Å². The van der Waals surface area contributed by atoms with Gasteiger partial charge < -0.3 is 19.0 Å². The van der Waals surface area contributed by atoms with Crippen LogP contribution in [-0.2, 0) is 0 Å². The smallest absolute Gasteiger partial charge is 0.343 e. The number of hydrogen-bond donors (Lipinski definition) is 1. The van der Waals surface area contributed by atoms with Crippen LogP contribution in [0.25, 0.3) is 22.3 Å². The lowest BCUT2D eigenvalue weighted by atomic mass is 10.1. The highest BCUT2D eigenvalue weighted by Gasteiger charge is 2.15. The summed E-state index contributed by atoms with van der Waals surface area (Å²) in [6.07, 6.45) is 0. The molecule has 3 aromatic carbocycles. The molecule has 6 nitrogen and oxygen atoms in total. The van der Waals surface area contributed by atoms with E-state index in [-0.39, 0.29) is 22.5 Å². The highest BCUT2D eigenvalue weighted by atomic mass is 16.5. The van der Waals surface area contributed by atoms with E-state index in [1.165, 1.54) is 18.2 Å². The minimum Gasteiger partial charge on any atom is -0.507 e. The molecular weight excluding hydrogens is 372 g/mol. The molecule has 0 aliphatic heterocycles. The number of carbonyl (C=O) groups excluding carboxylic acids is 1. The van der Waals surface area contributed by atoms with Crippen LogP contribution in [0.3, 0.4) is 0 Å². The first-order chi connectivity index (χ1) is 14.0. The molecule has 29 heavy (non-hydrogen) atoms. The fraction of sp³-hybridized carbons (Fsp3) is 0.0435. The number of fused-ring (bicyclic) bond motifs is 1. The Morgan fingerprint density at radius 2 is 1.66 bits per heavy atom. The molecule has 0 aliphatic rings. The van der Waals surface area contributed by atoms with Crippen LogP contribution in [-0.4, -0.2) is 18.2 Å². The molecule has 0 atom stereocenters. The summed E-state index contributed by atoms with van der Waals surface area (Å²) in [6, 6.07) is 19.4. The zero-order chi connectivity index (χ0) is 20.4. The number of phenols is 1. The number of esters is 1. The Balaban J connectivity index is 1.75. The second-order valence-corrected chi connectivity index (χ2v) is 6.27. The lowest BCUT2D eigenvalue weighted by Crippen LogP contribution is -2.08.